The second kappa shape index (κ2) is 8.62. The molecule has 2 rings (SSSR count). The summed E-state index contributed by atoms with van der Waals surface area (Å²) in [5, 5.41) is 2.95. The maximum Gasteiger partial charge on any atom is 0.401 e. The average Bonchev–Trinajstić information content (AvgIpc) is 2.75. The predicted octanol–water partition coefficient (Wildman–Crippen LogP) is 3.12. The minimum atomic E-state index is -4.22. The number of hydrogen-bond donors (Lipinski definition) is 1. The number of carbonyl (C=O) groups excluding carboxylic acids is 1. The number of carbonyl (C=O) groups is 1. The van der Waals surface area contributed by atoms with E-state index in [0.717, 1.165) is 11.3 Å². The van der Waals surface area contributed by atoms with Gasteiger partial charge in [-0.2, -0.15) is 13.2 Å². The molecular weight excluding hydrogens is 361 g/mol. The first-order valence-corrected chi connectivity index (χ1v) is 8.27. The Morgan fingerprint density at radius 1 is 1.32 bits per heavy atom. The van der Waals surface area contributed by atoms with Gasteiger partial charge in [-0.15, -0.1) is 0 Å². The number of rotatable bonds is 6. The van der Waals surface area contributed by atoms with Crippen LogP contribution in [0.1, 0.15) is 23.2 Å². The van der Waals surface area contributed by atoms with Crippen LogP contribution in [-0.2, 0) is 0 Å². The lowest BCUT2D eigenvalue weighted by atomic mass is 10.2. The molecule has 1 aliphatic heterocycles. The molecule has 1 aliphatic rings. The van der Waals surface area contributed by atoms with Gasteiger partial charge in [0.15, 0.2) is 11.5 Å². The van der Waals surface area contributed by atoms with Gasteiger partial charge < -0.3 is 14.8 Å². The number of alkyl halides is 3. The maximum absolute atomic E-state index is 12.2. The summed E-state index contributed by atoms with van der Waals surface area (Å²) in [7, 11) is 1.39. The normalized spacial score (nSPS) is 14.3. The fraction of sp³-hybridized carbons (Fsp3) is 0.562. The van der Waals surface area contributed by atoms with Crippen molar-refractivity contribution in [2.45, 2.75) is 19.0 Å². The van der Waals surface area contributed by atoms with Gasteiger partial charge in [-0.3, -0.25) is 9.69 Å². The molecule has 0 saturated heterocycles. The Morgan fingerprint density at radius 2 is 2.04 bits per heavy atom. The van der Waals surface area contributed by atoms with Gasteiger partial charge in [0.25, 0.3) is 5.91 Å². The zero-order valence-electron chi connectivity index (χ0n) is 13.8. The van der Waals surface area contributed by atoms with Crippen molar-refractivity contribution < 1.29 is 27.4 Å². The van der Waals surface area contributed by atoms with Gasteiger partial charge in [0.05, 0.1) is 24.8 Å². The first kappa shape index (κ1) is 19.7. The fourth-order valence-corrected chi connectivity index (χ4v) is 2.67. The molecule has 0 unspecified atom stereocenters. The molecule has 9 heteroatoms. The Kier molecular flexibility index (Phi) is 6.78. The van der Waals surface area contributed by atoms with Crippen LogP contribution in [0.4, 0.5) is 13.2 Å². The molecule has 0 spiro atoms. The van der Waals surface area contributed by atoms with E-state index < -0.39 is 12.7 Å². The molecule has 140 valence electrons. The van der Waals surface area contributed by atoms with E-state index in [1.165, 1.54) is 13.1 Å². The maximum atomic E-state index is 12.2. The number of halogens is 4. The van der Waals surface area contributed by atoms with E-state index in [9.17, 15) is 18.0 Å². The third-order valence-electron chi connectivity index (χ3n) is 3.52. The summed E-state index contributed by atoms with van der Waals surface area (Å²) in [4.78, 5) is 13.3. The van der Waals surface area contributed by atoms with E-state index in [4.69, 9.17) is 21.1 Å². The third kappa shape index (κ3) is 6.28. The summed E-state index contributed by atoms with van der Waals surface area (Å²) in [6, 6.07) is 3.04. The lowest BCUT2D eigenvalue weighted by Crippen LogP contribution is -2.33. The highest BCUT2D eigenvalue weighted by atomic mass is 35.5. The number of amides is 1. The first-order valence-electron chi connectivity index (χ1n) is 7.89. The number of nitrogens with zero attached hydrogens (tertiary/aromatic N) is 1. The lowest BCUT2D eigenvalue weighted by molar-refractivity contribution is -0.143. The van der Waals surface area contributed by atoms with Crippen molar-refractivity contribution in [1.29, 1.82) is 0 Å². The number of hydrogen-bond acceptors (Lipinski definition) is 4. The van der Waals surface area contributed by atoms with Gasteiger partial charge in [0.1, 0.15) is 0 Å². The van der Waals surface area contributed by atoms with Crippen molar-refractivity contribution in [3.05, 3.63) is 22.7 Å². The molecule has 0 fully saturated rings. The van der Waals surface area contributed by atoms with Gasteiger partial charge in [-0.05, 0) is 32.1 Å². The highest BCUT2D eigenvalue weighted by Gasteiger charge is 2.28. The quantitative estimate of drug-likeness (QED) is 0.770. The molecule has 1 aromatic carbocycles. The van der Waals surface area contributed by atoms with Crippen LogP contribution >= 0.6 is 11.6 Å². The summed E-state index contributed by atoms with van der Waals surface area (Å²) in [5.74, 6) is 0.473. The highest BCUT2D eigenvalue weighted by Crippen LogP contribution is 2.37. The van der Waals surface area contributed by atoms with Crippen LogP contribution in [0.2, 0.25) is 5.02 Å². The molecule has 1 N–H and O–H groups in total. The Hall–Kier alpha value is -1.67. The highest BCUT2D eigenvalue weighted by molar-refractivity contribution is 6.32. The van der Waals surface area contributed by atoms with E-state index in [1.807, 2.05) is 0 Å². The van der Waals surface area contributed by atoms with E-state index in [1.54, 1.807) is 6.07 Å². The Morgan fingerprint density at radius 3 is 2.76 bits per heavy atom. The van der Waals surface area contributed by atoms with Gasteiger partial charge in [-0.25, -0.2) is 0 Å². The van der Waals surface area contributed by atoms with Crippen molar-refractivity contribution in [2.75, 3.05) is 39.9 Å². The summed E-state index contributed by atoms with van der Waals surface area (Å²) in [5.41, 5.74) is 0.317. The number of nitrogens with one attached hydrogen (secondary N) is 1. The summed E-state index contributed by atoms with van der Waals surface area (Å²) in [6.07, 6.45) is -3.10. The van der Waals surface area contributed by atoms with Gasteiger partial charge in [0, 0.05) is 18.5 Å². The van der Waals surface area contributed by atoms with Crippen LogP contribution < -0.4 is 14.8 Å². The largest absolute Gasteiger partial charge is 0.489 e. The molecule has 0 saturated carbocycles. The molecule has 0 radical (unpaired) electrons. The van der Waals surface area contributed by atoms with Crippen molar-refractivity contribution in [3.8, 4) is 11.5 Å². The van der Waals surface area contributed by atoms with Crippen LogP contribution in [0.5, 0.6) is 11.5 Å². The molecule has 1 amide bonds. The minimum Gasteiger partial charge on any atom is -0.489 e. The molecule has 0 aliphatic carbocycles. The monoisotopic (exact) mass is 380 g/mol. The molecule has 1 heterocycles. The molecule has 5 nitrogen and oxygen atoms in total. The van der Waals surface area contributed by atoms with Crippen LogP contribution in [-0.4, -0.2) is 56.9 Å². The topological polar surface area (TPSA) is 50.8 Å². The second-order valence-electron chi connectivity index (χ2n) is 5.80. The van der Waals surface area contributed by atoms with Gasteiger partial charge in [-0.1, -0.05) is 11.6 Å². The molecule has 0 atom stereocenters. The van der Waals surface area contributed by atoms with E-state index >= 15 is 0 Å². The Bertz CT molecular complexity index is 611. The molecule has 1 aromatic rings. The predicted molar refractivity (Wildman–Crippen MR) is 87.6 cm³/mol. The number of ether oxygens (including phenoxy) is 2. The van der Waals surface area contributed by atoms with E-state index in [-0.39, 0.29) is 24.0 Å². The van der Waals surface area contributed by atoms with Crippen LogP contribution in [0, 0.1) is 0 Å². The third-order valence-corrected chi connectivity index (χ3v) is 3.80. The van der Waals surface area contributed by atoms with Crippen molar-refractivity contribution in [2.24, 2.45) is 0 Å². The van der Waals surface area contributed by atoms with Gasteiger partial charge >= 0.3 is 6.18 Å². The SMILES string of the molecule is CN(CCCNC(=O)c1cc(Cl)c2c(c1)OCCCO2)CC(F)(F)F. The minimum absolute atomic E-state index is 0.224. The fourth-order valence-electron chi connectivity index (χ4n) is 2.40. The van der Waals surface area contributed by atoms with E-state index in [0.29, 0.717) is 36.7 Å². The Labute approximate surface area is 149 Å². The zero-order chi connectivity index (χ0) is 18.4. The first-order chi connectivity index (χ1) is 11.8. The number of fused-ring (bicyclic) bond motifs is 1. The summed E-state index contributed by atoms with van der Waals surface area (Å²) >= 11 is 6.13. The summed E-state index contributed by atoms with van der Waals surface area (Å²) < 4.78 is 47.7. The van der Waals surface area contributed by atoms with Crippen molar-refractivity contribution in [1.82, 2.24) is 10.2 Å². The van der Waals surface area contributed by atoms with Crippen molar-refractivity contribution >= 4 is 17.5 Å². The Balaban J connectivity index is 1.85. The van der Waals surface area contributed by atoms with Gasteiger partial charge in [0.2, 0.25) is 0 Å². The van der Waals surface area contributed by atoms with Crippen molar-refractivity contribution in [3.63, 3.8) is 0 Å². The van der Waals surface area contributed by atoms with Crippen LogP contribution in [0.3, 0.4) is 0 Å². The molecule has 25 heavy (non-hydrogen) atoms. The lowest BCUT2D eigenvalue weighted by Gasteiger charge is -2.18. The molecular formula is C16H20ClF3N2O3. The second-order valence-corrected chi connectivity index (χ2v) is 6.21. The summed E-state index contributed by atoms with van der Waals surface area (Å²) in [6.45, 7) is 0.469. The molecule has 0 aromatic heterocycles. The zero-order valence-corrected chi connectivity index (χ0v) is 14.5. The molecule has 0 bridgehead atoms. The standard InChI is InChI=1S/C16H20ClF3N2O3/c1-22(10-16(18,19)20)5-2-4-21-15(23)11-8-12(17)14-13(9-11)24-6-3-7-25-14/h8-9H,2-7,10H2,1H3,(H,21,23). The average molecular weight is 381 g/mol. The van der Waals surface area contributed by atoms with E-state index in [2.05, 4.69) is 5.32 Å². The smallest absolute Gasteiger partial charge is 0.401 e. The van der Waals surface area contributed by atoms with Crippen LogP contribution in [0.25, 0.3) is 0 Å². The number of benzene rings is 1. The van der Waals surface area contributed by atoms with Crippen LogP contribution in [0.15, 0.2) is 12.1 Å².